The Morgan fingerprint density at radius 1 is 1.27 bits per heavy atom. The first-order valence-corrected chi connectivity index (χ1v) is 6.46. The van der Waals surface area contributed by atoms with Crippen LogP contribution in [0.2, 0.25) is 0 Å². The van der Waals surface area contributed by atoms with Crippen LogP contribution in [0.4, 0.5) is 13.2 Å². The molecule has 0 radical (unpaired) electrons. The highest BCUT2D eigenvalue weighted by molar-refractivity contribution is 5.92. The van der Waals surface area contributed by atoms with Crippen LogP contribution in [0, 0.1) is 0 Å². The number of furan rings is 1. The smallest absolute Gasteiger partial charge is 0.416 e. The van der Waals surface area contributed by atoms with E-state index in [-0.39, 0.29) is 17.1 Å². The van der Waals surface area contributed by atoms with E-state index >= 15 is 0 Å². The van der Waals surface area contributed by atoms with Gasteiger partial charge in [0.25, 0.3) is 5.91 Å². The highest BCUT2D eigenvalue weighted by atomic mass is 19.4. The van der Waals surface area contributed by atoms with E-state index in [1.54, 1.807) is 0 Å². The first-order valence-electron chi connectivity index (χ1n) is 6.46. The number of nitrogens with one attached hydrogen (secondary N) is 1. The number of alkyl halides is 3. The van der Waals surface area contributed by atoms with Crippen molar-refractivity contribution in [3.8, 4) is 11.3 Å². The van der Waals surface area contributed by atoms with Crippen molar-refractivity contribution in [2.45, 2.75) is 6.18 Å². The molecular weight excluding hydrogens is 299 g/mol. The number of benzene rings is 1. The Morgan fingerprint density at radius 2 is 2.05 bits per heavy atom. The number of halogens is 3. The molecule has 7 heteroatoms. The van der Waals surface area contributed by atoms with Gasteiger partial charge in [0.15, 0.2) is 5.76 Å². The van der Waals surface area contributed by atoms with Crippen LogP contribution < -0.4 is 5.32 Å². The first kappa shape index (κ1) is 16.1. The number of amides is 1. The van der Waals surface area contributed by atoms with Crippen LogP contribution in [-0.2, 0) is 10.9 Å². The lowest BCUT2D eigenvalue weighted by molar-refractivity contribution is -0.137. The summed E-state index contributed by atoms with van der Waals surface area (Å²) in [4.78, 5) is 11.7. The van der Waals surface area contributed by atoms with E-state index in [1.165, 1.54) is 31.4 Å². The van der Waals surface area contributed by atoms with Gasteiger partial charge in [-0.05, 0) is 24.3 Å². The van der Waals surface area contributed by atoms with Gasteiger partial charge in [-0.1, -0.05) is 12.1 Å². The van der Waals surface area contributed by atoms with Crippen LogP contribution in [0.1, 0.15) is 16.1 Å². The molecule has 0 saturated heterocycles. The third-order valence-corrected chi connectivity index (χ3v) is 2.90. The molecule has 22 heavy (non-hydrogen) atoms. The zero-order valence-corrected chi connectivity index (χ0v) is 11.7. The van der Waals surface area contributed by atoms with E-state index < -0.39 is 17.6 Å². The zero-order valence-electron chi connectivity index (χ0n) is 11.7. The van der Waals surface area contributed by atoms with Crippen LogP contribution in [0.5, 0.6) is 0 Å². The minimum absolute atomic E-state index is 0.0310. The third kappa shape index (κ3) is 3.88. The molecule has 0 aliphatic heterocycles. The van der Waals surface area contributed by atoms with Crippen molar-refractivity contribution in [2.24, 2.45) is 0 Å². The lowest BCUT2D eigenvalue weighted by Gasteiger charge is -2.07. The molecule has 1 heterocycles. The minimum atomic E-state index is -4.43. The molecule has 0 unspecified atom stereocenters. The molecule has 0 spiro atoms. The van der Waals surface area contributed by atoms with Crippen molar-refractivity contribution < 1.29 is 27.1 Å². The molecule has 0 atom stereocenters. The second kappa shape index (κ2) is 6.65. The van der Waals surface area contributed by atoms with Crippen LogP contribution in [0.25, 0.3) is 11.3 Å². The van der Waals surface area contributed by atoms with Crippen molar-refractivity contribution in [1.29, 1.82) is 0 Å². The summed E-state index contributed by atoms with van der Waals surface area (Å²) in [6, 6.07) is 7.61. The van der Waals surface area contributed by atoms with E-state index in [1.807, 2.05) is 0 Å². The fourth-order valence-corrected chi connectivity index (χ4v) is 1.82. The lowest BCUT2D eigenvalue weighted by atomic mass is 10.1. The predicted octanol–water partition coefficient (Wildman–Crippen LogP) is 3.34. The van der Waals surface area contributed by atoms with Crippen LogP contribution >= 0.6 is 0 Å². The summed E-state index contributed by atoms with van der Waals surface area (Å²) >= 11 is 0. The number of ether oxygens (including phenoxy) is 1. The summed E-state index contributed by atoms with van der Waals surface area (Å²) in [6.45, 7) is 0.669. The second-order valence-corrected chi connectivity index (χ2v) is 4.49. The van der Waals surface area contributed by atoms with Gasteiger partial charge in [-0.25, -0.2) is 0 Å². The van der Waals surface area contributed by atoms with Crippen molar-refractivity contribution in [3.63, 3.8) is 0 Å². The molecule has 4 nitrogen and oxygen atoms in total. The largest absolute Gasteiger partial charge is 0.451 e. The van der Waals surface area contributed by atoms with Crippen LogP contribution in [0.15, 0.2) is 40.8 Å². The number of methoxy groups -OCH3 is 1. The van der Waals surface area contributed by atoms with Crippen LogP contribution in [-0.4, -0.2) is 26.2 Å². The van der Waals surface area contributed by atoms with Gasteiger partial charge < -0.3 is 14.5 Å². The van der Waals surface area contributed by atoms with Gasteiger partial charge >= 0.3 is 6.18 Å². The Kier molecular flexibility index (Phi) is 4.87. The molecule has 0 fully saturated rings. The van der Waals surface area contributed by atoms with Gasteiger partial charge in [0.2, 0.25) is 0 Å². The fourth-order valence-electron chi connectivity index (χ4n) is 1.82. The SMILES string of the molecule is COCCNC(=O)c1ccc(-c2cccc(C(F)(F)F)c2)o1. The lowest BCUT2D eigenvalue weighted by Crippen LogP contribution is -2.26. The molecular formula is C15H14F3NO3. The number of rotatable bonds is 5. The van der Waals surface area contributed by atoms with E-state index in [4.69, 9.17) is 9.15 Å². The Hall–Kier alpha value is -2.28. The molecule has 0 aliphatic rings. The Bertz CT molecular complexity index is 649. The maximum atomic E-state index is 12.7. The molecule has 2 rings (SSSR count). The summed E-state index contributed by atoms with van der Waals surface area (Å²) < 4.78 is 48.2. The first-order chi connectivity index (χ1) is 10.4. The zero-order chi connectivity index (χ0) is 16.2. The molecule has 1 N–H and O–H groups in total. The molecule has 0 bridgehead atoms. The van der Waals surface area contributed by atoms with Crippen molar-refractivity contribution in [1.82, 2.24) is 5.32 Å². The normalized spacial score (nSPS) is 11.5. The van der Waals surface area contributed by atoms with Gasteiger partial charge in [0.1, 0.15) is 5.76 Å². The third-order valence-electron chi connectivity index (χ3n) is 2.90. The topological polar surface area (TPSA) is 51.5 Å². The average Bonchev–Trinajstić information content (AvgIpc) is 2.96. The number of hydrogen-bond donors (Lipinski definition) is 1. The summed E-state index contributed by atoms with van der Waals surface area (Å²) in [5, 5.41) is 2.56. The molecule has 1 aromatic carbocycles. The van der Waals surface area contributed by atoms with Gasteiger partial charge in [-0.3, -0.25) is 4.79 Å². The monoisotopic (exact) mass is 313 g/mol. The van der Waals surface area contributed by atoms with E-state index in [0.29, 0.717) is 13.2 Å². The van der Waals surface area contributed by atoms with E-state index in [0.717, 1.165) is 12.1 Å². The van der Waals surface area contributed by atoms with E-state index in [9.17, 15) is 18.0 Å². The maximum absolute atomic E-state index is 12.7. The van der Waals surface area contributed by atoms with Crippen molar-refractivity contribution in [2.75, 3.05) is 20.3 Å². The second-order valence-electron chi connectivity index (χ2n) is 4.49. The number of carbonyl (C=O) groups excluding carboxylic acids is 1. The molecule has 1 amide bonds. The maximum Gasteiger partial charge on any atom is 0.416 e. The summed E-state index contributed by atoms with van der Waals surface area (Å²) in [5.41, 5.74) is -0.515. The van der Waals surface area contributed by atoms with Gasteiger partial charge in [0.05, 0.1) is 12.2 Å². The Balaban J connectivity index is 2.16. The number of carbonyl (C=O) groups is 1. The van der Waals surface area contributed by atoms with Gasteiger partial charge in [-0.15, -0.1) is 0 Å². The van der Waals surface area contributed by atoms with Gasteiger partial charge in [0, 0.05) is 19.2 Å². The summed E-state index contributed by atoms with van der Waals surface area (Å²) in [6.07, 6.45) is -4.43. The molecule has 0 saturated carbocycles. The summed E-state index contributed by atoms with van der Waals surface area (Å²) in [5.74, 6) is -0.221. The van der Waals surface area contributed by atoms with Crippen LogP contribution in [0.3, 0.4) is 0 Å². The Morgan fingerprint density at radius 3 is 2.73 bits per heavy atom. The highest BCUT2D eigenvalue weighted by Crippen LogP contribution is 2.32. The number of hydrogen-bond acceptors (Lipinski definition) is 3. The van der Waals surface area contributed by atoms with Crippen molar-refractivity contribution in [3.05, 3.63) is 47.7 Å². The fraction of sp³-hybridized carbons (Fsp3) is 0.267. The molecule has 0 aliphatic carbocycles. The molecule has 1 aromatic heterocycles. The molecule has 2 aromatic rings. The summed E-state index contributed by atoms with van der Waals surface area (Å²) in [7, 11) is 1.50. The highest BCUT2D eigenvalue weighted by Gasteiger charge is 2.30. The Labute approximate surface area is 124 Å². The predicted molar refractivity (Wildman–Crippen MR) is 73.4 cm³/mol. The average molecular weight is 313 g/mol. The van der Waals surface area contributed by atoms with Gasteiger partial charge in [-0.2, -0.15) is 13.2 Å². The molecule has 118 valence electrons. The minimum Gasteiger partial charge on any atom is -0.451 e. The van der Waals surface area contributed by atoms with Crippen molar-refractivity contribution >= 4 is 5.91 Å². The quantitative estimate of drug-likeness (QED) is 0.861. The standard InChI is InChI=1S/C15H14F3NO3/c1-21-8-7-19-14(20)13-6-5-12(22-13)10-3-2-4-11(9-10)15(16,17)18/h2-6,9H,7-8H2,1H3,(H,19,20). The van der Waals surface area contributed by atoms with E-state index in [2.05, 4.69) is 5.32 Å².